The molecule has 0 aliphatic heterocycles. The van der Waals surface area contributed by atoms with E-state index >= 15 is 0 Å². The van der Waals surface area contributed by atoms with Crippen LogP contribution in [0.5, 0.6) is 0 Å². The van der Waals surface area contributed by atoms with Crippen molar-refractivity contribution in [2.45, 2.75) is 133 Å². The number of primary amides is 1. The van der Waals surface area contributed by atoms with Crippen molar-refractivity contribution in [3.8, 4) is 0 Å². The van der Waals surface area contributed by atoms with E-state index in [-0.39, 0.29) is 57.5 Å². The number of fused-ring (bicyclic) bond motifs is 2. The molecule has 0 spiro atoms. The third-order valence-corrected chi connectivity index (χ3v) is 13.2. The molecular weight excluding hydrogens is 1030 g/mol. The number of para-hydroxylation sites is 1. The highest BCUT2D eigenvalue weighted by atomic mass is 16.4. The van der Waals surface area contributed by atoms with Crippen molar-refractivity contribution in [2.75, 3.05) is 13.1 Å². The summed E-state index contributed by atoms with van der Waals surface area (Å²) in [6.45, 7) is 3.48. The number of aromatic nitrogens is 3. The first-order valence-electron chi connectivity index (χ1n) is 26.6. The van der Waals surface area contributed by atoms with Crippen LogP contribution in [0.4, 0.5) is 0 Å². The van der Waals surface area contributed by atoms with Crippen molar-refractivity contribution in [3.63, 3.8) is 0 Å². The first-order chi connectivity index (χ1) is 38.2. The Hall–Kier alpha value is -8.87. The van der Waals surface area contributed by atoms with Gasteiger partial charge in [0.05, 0.1) is 18.4 Å². The number of carboxylic acids is 1. The Morgan fingerprint density at radius 1 is 0.637 bits per heavy atom. The van der Waals surface area contributed by atoms with Crippen LogP contribution in [0.25, 0.3) is 21.7 Å². The summed E-state index contributed by atoms with van der Waals surface area (Å²) in [7, 11) is 1.68. The predicted molar refractivity (Wildman–Crippen MR) is 300 cm³/mol. The Kier molecular flexibility index (Phi) is 23.9. The number of carbonyl (C=O) groups excluding carboxylic acids is 8. The van der Waals surface area contributed by atoms with Crippen LogP contribution in [0.15, 0.2) is 90.4 Å². The number of hydrogen-bond donors (Lipinski definition) is 13. The summed E-state index contributed by atoms with van der Waals surface area (Å²) in [4.78, 5) is 135. The van der Waals surface area contributed by atoms with Gasteiger partial charge < -0.3 is 74.8 Å². The third-order valence-electron chi connectivity index (χ3n) is 13.2. The molecule has 0 unspecified atom stereocenters. The number of aromatic amines is 1. The zero-order chi connectivity index (χ0) is 58.3. The molecule has 2 heterocycles. The number of H-pyrrole nitrogens is 1. The molecule has 0 fully saturated rings. The van der Waals surface area contributed by atoms with Gasteiger partial charge in [-0.25, -0.2) is 4.98 Å². The highest BCUT2D eigenvalue weighted by Crippen LogP contribution is 2.21. The molecule has 25 nitrogen and oxygen atoms in total. The number of amides is 8. The van der Waals surface area contributed by atoms with Crippen molar-refractivity contribution in [1.82, 2.24) is 51.8 Å². The number of carboxylic acid groups (broad SMARTS) is 1. The molecule has 5 rings (SSSR count). The molecule has 17 N–H and O–H groups in total. The van der Waals surface area contributed by atoms with Gasteiger partial charge in [-0.3, -0.25) is 48.1 Å². The number of hydrogen-bond acceptors (Lipinski definition) is 12. The van der Waals surface area contributed by atoms with Crippen LogP contribution < -0.4 is 60.2 Å². The molecule has 5 aromatic rings. The minimum absolute atomic E-state index is 0.0342. The molecule has 0 aliphatic carbocycles. The monoisotopic (exact) mass is 1110 g/mol. The molecule has 25 heteroatoms. The molecule has 80 heavy (non-hydrogen) atoms. The van der Waals surface area contributed by atoms with Crippen LogP contribution in [-0.4, -0.2) is 134 Å². The lowest BCUT2D eigenvalue weighted by molar-refractivity contribution is -0.141. The minimum atomic E-state index is -1.73. The smallest absolute Gasteiger partial charge is 0.305 e. The van der Waals surface area contributed by atoms with Gasteiger partial charge >= 0.3 is 5.97 Å². The molecule has 2 aromatic heterocycles. The van der Waals surface area contributed by atoms with Crippen molar-refractivity contribution < 1.29 is 48.3 Å². The molecule has 0 aliphatic rings. The summed E-state index contributed by atoms with van der Waals surface area (Å²) in [5.41, 5.74) is 24.9. The molecule has 8 amide bonds. The van der Waals surface area contributed by atoms with Gasteiger partial charge in [-0.05, 0) is 73.0 Å². The zero-order valence-electron chi connectivity index (χ0n) is 45.3. The van der Waals surface area contributed by atoms with Crippen LogP contribution in [0, 0.1) is 0 Å². The lowest BCUT2D eigenvalue weighted by Gasteiger charge is -2.28. The molecule has 0 bridgehead atoms. The number of rotatable bonds is 33. The Balaban J connectivity index is 1.51. The number of nitrogens with one attached hydrogen (secondary N) is 8. The average Bonchev–Trinajstić information content (AvgIpc) is 4.07. The number of imidazole rings is 1. The lowest BCUT2D eigenvalue weighted by atomic mass is 9.99. The van der Waals surface area contributed by atoms with Crippen LogP contribution in [-0.2, 0) is 69.5 Å². The van der Waals surface area contributed by atoms with E-state index in [9.17, 15) is 48.3 Å². The predicted octanol–water partition coefficient (Wildman–Crippen LogP) is -0.171. The van der Waals surface area contributed by atoms with Gasteiger partial charge in [0.1, 0.15) is 42.3 Å². The van der Waals surface area contributed by atoms with E-state index in [1.54, 1.807) is 30.1 Å². The molecule has 7 atom stereocenters. The fourth-order valence-electron chi connectivity index (χ4n) is 9.02. The zero-order valence-corrected chi connectivity index (χ0v) is 45.3. The van der Waals surface area contributed by atoms with E-state index in [1.165, 1.54) is 13.3 Å². The fourth-order valence-corrected chi connectivity index (χ4v) is 9.02. The van der Waals surface area contributed by atoms with E-state index in [0.29, 0.717) is 49.0 Å². The second-order valence-electron chi connectivity index (χ2n) is 19.7. The minimum Gasteiger partial charge on any atom is -0.481 e. The number of benzene rings is 3. The Morgan fingerprint density at radius 2 is 1.19 bits per heavy atom. The van der Waals surface area contributed by atoms with Gasteiger partial charge in [-0.2, -0.15) is 0 Å². The summed E-state index contributed by atoms with van der Waals surface area (Å²) in [6, 6.07) is 10.5. The summed E-state index contributed by atoms with van der Waals surface area (Å²) in [5.74, 6) is -8.21. The Labute approximate surface area is 463 Å². The molecule has 430 valence electrons. The number of aliphatic imine (C=N–C) groups is 1. The summed E-state index contributed by atoms with van der Waals surface area (Å²) < 4.78 is 1.60. The molecule has 3 aromatic carbocycles. The number of aliphatic carboxylic acids is 1. The summed E-state index contributed by atoms with van der Waals surface area (Å²) >= 11 is 0. The maximum absolute atomic E-state index is 15.0. The number of aryl methyl sites for hydroxylation is 1. The fraction of sp³-hybridized carbons (Fsp3) is 0.436. The van der Waals surface area contributed by atoms with E-state index in [0.717, 1.165) is 21.7 Å². The standard InChI is InChI=1S/C55H75N15O10/c1-4-5-16-41(63-32(2)71)49(75)69-46(28-47(72)73)54(80)68-45(27-37-30-70(3)31-62-37)53(79)66-43(25-33-20-21-34-13-6-7-14-35(34)24-33)51(77)65-42(19-12-23-60-55(58)59)50(76)67-44(26-36-29-61-39-17-9-8-15-38(36)39)52(78)64-40(48(57)74)18-10-11-22-56/h6-9,13-15,17,20-21,24,29-31,40-46,61H,4-5,10-12,16,18-19,22-23,25-28,56H2,1-3H3,(H2,57,74)(H,63,71)(H,64,78)(H,65,77)(H,66,79)(H,67,76)(H,68,80)(H,69,75)(H,72,73)(H4,58,59,60)/t40-,41-,42-,43+,44-,45-,46-/m0/s1. The van der Waals surface area contributed by atoms with Crippen LogP contribution in [0.1, 0.15) is 88.5 Å². The van der Waals surface area contributed by atoms with Gasteiger partial charge in [0.15, 0.2) is 5.96 Å². The lowest BCUT2D eigenvalue weighted by Crippen LogP contribution is -2.61. The van der Waals surface area contributed by atoms with Crippen LogP contribution >= 0.6 is 0 Å². The normalized spacial score (nSPS) is 13.8. The molecular formula is C55H75N15O10. The Bertz CT molecular complexity index is 2990. The van der Waals surface area contributed by atoms with Gasteiger partial charge in [-0.1, -0.05) is 80.4 Å². The van der Waals surface area contributed by atoms with Crippen LogP contribution in [0.2, 0.25) is 0 Å². The second kappa shape index (κ2) is 30.9. The van der Waals surface area contributed by atoms with E-state index < -0.39 is 102 Å². The number of unbranched alkanes of at least 4 members (excludes halogenated alkanes) is 2. The topological polar surface area (TPSA) is 408 Å². The SMILES string of the molecule is CCCC[C@H](NC(C)=O)C(=O)N[C@@H](CC(=O)O)C(=O)N[C@@H](Cc1cn(C)cn1)C(=O)N[C@H](Cc1ccc2ccccc2c1)C(=O)N[C@@H](CCCN=C(N)N)C(=O)N[C@@H](Cc1c[nH]c2ccccc12)C(=O)N[C@@H](CCCCN)C(N)=O. The van der Waals surface area contributed by atoms with E-state index in [4.69, 9.17) is 22.9 Å². The Morgan fingerprint density at radius 3 is 1.80 bits per heavy atom. The first kappa shape index (κ1) is 62.0. The molecule has 0 saturated carbocycles. The van der Waals surface area contributed by atoms with Crippen molar-refractivity contribution in [1.29, 1.82) is 0 Å². The molecule has 0 saturated heterocycles. The quantitative estimate of drug-likeness (QED) is 0.0147. The van der Waals surface area contributed by atoms with Crippen molar-refractivity contribution >= 4 is 80.9 Å². The van der Waals surface area contributed by atoms with Gasteiger partial charge in [0.25, 0.3) is 0 Å². The highest BCUT2D eigenvalue weighted by Gasteiger charge is 2.35. The van der Waals surface area contributed by atoms with E-state index in [2.05, 4.69) is 52.2 Å². The van der Waals surface area contributed by atoms with Gasteiger partial charge in [0, 0.05) is 63.1 Å². The molecule has 0 radical (unpaired) electrons. The number of guanidine groups is 1. The van der Waals surface area contributed by atoms with Gasteiger partial charge in [-0.15, -0.1) is 0 Å². The second-order valence-corrected chi connectivity index (χ2v) is 19.7. The van der Waals surface area contributed by atoms with E-state index in [1.807, 2.05) is 67.6 Å². The first-order valence-corrected chi connectivity index (χ1v) is 26.6. The average molecular weight is 1110 g/mol. The number of carbonyl (C=O) groups is 9. The van der Waals surface area contributed by atoms with Crippen molar-refractivity contribution in [2.24, 2.45) is 35.0 Å². The highest BCUT2D eigenvalue weighted by molar-refractivity contribution is 5.99. The largest absolute Gasteiger partial charge is 0.481 e. The number of nitrogens with two attached hydrogens (primary N) is 4. The summed E-state index contributed by atoms with van der Waals surface area (Å²) in [5, 5.41) is 30.9. The third kappa shape index (κ3) is 19.5. The van der Waals surface area contributed by atoms with Crippen molar-refractivity contribution in [3.05, 3.63) is 102 Å². The van der Waals surface area contributed by atoms with Gasteiger partial charge in [0.2, 0.25) is 47.3 Å². The number of nitrogens with zero attached hydrogens (tertiary/aromatic N) is 3. The maximum atomic E-state index is 15.0. The summed E-state index contributed by atoms with van der Waals surface area (Å²) in [6.07, 6.45) is 5.99. The maximum Gasteiger partial charge on any atom is 0.305 e. The van der Waals surface area contributed by atoms with Crippen LogP contribution in [0.3, 0.4) is 0 Å².